The maximum absolute atomic E-state index is 13.6. The molecule has 1 aromatic rings. The van der Waals surface area contributed by atoms with Crippen LogP contribution < -0.4 is 5.73 Å². The van der Waals surface area contributed by atoms with Gasteiger partial charge in [-0.2, -0.15) is 0 Å². The Balaban J connectivity index is 2.74. The maximum Gasteiger partial charge on any atom is 0.129 e. The first kappa shape index (κ1) is 13.1. The SMILES string of the molecule is CCCCOC(c1ccccc1F)C(C)N. The summed E-state index contributed by atoms with van der Waals surface area (Å²) in [6, 6.07) is 6.43. The van der Waals surface area contributed by atoms with Crippen LogP contribution in [0.5, 0.6) is 0 Å². The van der Waals surface area contributed by atoms with Crippen LogP contribution in [0.3, 0.4) is 0 Å². The third-order valence-electron chi connectivity index (χ3n) is 2.48. The average Bonchev–Trinajstić information content (AvgIpc) is 2.25. The van der Waals surface area contributed by atoms with Crippen molar-refractivity contribution in [3.8, 4) is 0 Å². The Labute approximate surface area is 96.6 Å². The Bertz CT molecular complexity index is 315. The van der Waals surface area contributed by atoms with Gasteiger partial charge in [0.25, 0.3) is 0 Å². The number of rotatable bonds is 6. The van der Waals surface area contributed by atoms with Crippen LogP contribution in [-0.2, 0) is 4.74 Å². The summed E-state index contributed by atoms with van der Waals surface area (Å²) < 4.78 is 19.2. The molecule has 3 heteroatoms. The summed E-state index contributed by atoms with van der Waals surface area (Å²) >= 11 is 0. The Hall–Kier alpha value is -0.930. The molecule has 90 valence electrons. The lowest BCUT2D eigenvalue weighted by atomic mass is 10.0. The summed E-state index contributed by atoms with van der Waals surface area (Å²) in [4.78, 5) is 0. The molecule has 0 fully saturated rings. The Kier molecular flexibility index (Phi) is 5.43. The van der Waals surface area contributed by atoms with Gasteiger partial charge in [0.1, 0.15) is 11.9 Å². The molecule has 1 aromatic carbocycles. The van der Waals surface area contributed by atoms with Gasteiger partial charge in [-0.25, -0.2) is 4.39 Å². The topological polar surface area (TPSA) is 35.2 Å². The Morgan fingerprint density at radius 2 is 2.06 bits per heavy atom. The molecule has 0 amide bonds. The molecule has 0 saturated heterocycles. The summed E-state index contributed by atoms with van der Waals surface area (Å²) in [6.45, 7) is 4.55. The molecule has 0 heterocycles. The fourth-order valence-corrected chi connectivity index (χ4v) is 1.59. The minimum absolute atomic E-state index is 0.214. The van der Waals surface area contributed by atoms with E-state index in [1.54, 1.807) is 18.2 Å². The standard InChI is InChI=1S/C13H20FNO/c1-3-4-9-16-13(10(2)15)11-7-5-6-8-12(11)14/h5-8,10,13H,3-4,9,15H2,1-2H3. The highest BCUT2D eigenvalue weighted by molar-refractivity contribution is 5.21. The second-order valence-electron chi connectivity index (χ2n) is 4.03. The molecule has 1 rings (SSSR count). The summed E-state index contributed by atoms with van der Waals surface area (Å²) in [7, 11) is 0. The van der Waals surface area contributed by atoms with Crippen LogP contribution in [0.2, 0.25) is 0 Å². The van der Waals surface area contributed by atoms with Crippen LogP contribution in [-0.4, -0.2) is 12.6 Å². The predicted molar refractivity (Wildman–Crippen MR) is 63.7 cm³/mol. The zero-order valence-electron chi connectivity index (χ0n) is 9.95. The number of halogens is 1. The molecule has 0 radical (unpaired) electrons. The lowest BCUT2D eigenvalue weighted by Gasteiger charge is -2.22. The molecular formula is C13H20FNO. The summed E-state index contributed by atoms with van der Waals surface area (Å²) in [5, 5.41) is 0. The Morgan fingerprint density at radius 1 is 1.38 bits per heavy atom. The lowest BCUT2D eigenvalue weighted by molar-refractivity contribution is 0.0342. The molecule has 0 aliphatic carbocycles. The molecule has 2 N–H and O–H groups in total. The molecule has 0 spiro atoms. The van der Waals surface area contributed by atoms with E-state index in [2.05, 4.69) is 6.92 Å². The highest BCUT2D eigenvalue weighted by Gasteiger charge is 2.19. The van der Waals surface area contributed by atoms with E-state index < -0.39 is 0 Å². The third kappa shape index (κ3) is 3.58. The van der Waals surface area contributed by atoms with Crippen molar-refractivity contribution in [3.63, 3.8) is 0 Å². The van der Waals surface area contributed by atoms with E-state index in [-0.39, 0.29) is 18.0 Å². The predicted octanol–water partition coefficient (Wildman–Crippen LogP) is 3.03. The zero-order valence-corrected chi connectivity index (χ0v) is 9.95. The van der Waals surface area contributed by atoms with E-state index in [1.807, 2.05) is 6.92 Å². The highest BCUT2D eigenvalue weighted by Crippen LogP contribution is 2.23. The molecule has 2 nitrogen and oxygen atoms in total. The molecule has 0 aromatic heterocycles. The van der Waals surface area contributed by atoms with Crippen molar-refractivity contribution in [2.24, 2.45) is 5.73 Å². The quantitative estimate of drug-likeness (QED) is 0.755. The number of nitrogens with two attached hydrogens (primary N) is 1. The van der Waals surface area contributed by atoms with Gasteiger partial charge in [-0.1, -0.05) is 31.5 Å². The van der Waals surface area contributed by atoms with Crippen molar-refractivity contribution in [2.45, 2.75) is 38.8 Å². The van der Waals surface area contributed by atoms with Crippen LogP contribution >= 0.6 is 0 Å². The summed E-state index contributed by atoms with van der Waals surface area (Å²) in [5.74, 6) is -0.249. The number of hydrogen-bond acceptors (Lipinski definition) is 2. The Morgan fingerprint density at radius 3 is 2.62 bits per heavy atom. The summed E-state index contributed by atoms with van der Waals surface area (Å²) in [5.41, 5.74) is 6.38. The van der Waals surface area contributed by atoms with Gasteiger partial charge in [-0.3, -0.25) is 0 Å². The molecule has 2 unspecified atom stereocenters. The van der Waals surface area contributed by atoms with Crippen molar-refractivity contribution in [3.05, 3.63) is 35.6 Å². The van der Waals surface area contributed by atoms with Gasteiger partial charge in [-0.05, 0) is 19.4 Å². The first-order chi connectivity index (χ1) is 7.66. The summed E-state index contributed by atoms with van der Waals surface area (Å²) in [6.07, 6.45) is 1.67. The molecule has 2 atom stereocenters. The van der Waals surface area contributed by atoms with Gasteiger partial charge in [-0.15, -0.1) is 0 Å². The first-order valence-corrected chi connectivity index (χ1v) is 5.78. The molecule has 0 aliphatic heterocycles. The highest BCUT2D eigenvalue weighted by atomic mass is 19.1. The van der Waals surface area contributed by atoms with Gasteiger partial charge in [0, 0.05) is 18.2 Å². The van der Waals surface area contributed by atoms with Crippen LogP contribution in [0.4, 0.5) is 4.39 Å². The first-order valence-electron chi connectivity index (χ1n) is 5.78. The monoisotopic (exact) mass is 225 g/mol. The van der Waals surface area contributed by atoms with Gasteiger partial charge in [0.05, 0.1) is 0 Å². The lowest BCUT2D eigenvalue weighted by Crippen LogP contribution is -2.28. The minimum atomic E-state index is -0.354. The van der Waals surface area contributed by atoms with E-state index in [0.29, 0.717) is 12.2 Å². The molecule has 0 aliphatic rings. The van der Waals surface area contributed by atoms with Crippen LogP contribution in [0.15, 0.2) is 24.3 Å². The van der Waals surface area contributed by atoms with E-state index in [4.69, 9.17) is 10.5 Å². The smallest absolute Gasteiger partial charge is 0.129 e. The maximum atomic E-state index is 13.6. The molecule has 0 bridgehead atoms. The normalized spacial score (nSPS) is 14.8. The fourth-order valence-electron chi connectivity index (χ4n) is 1.59. The van der Waals surface area contributed by atoms with Crippen LogP contribution in [0, 0.1) is 5.82 Å². The number of benzene rings is 1. The van der Waals surface area contributed by atoms with Crippen molar-refractivity contribution >= 4 is 0 Å². The van der Waals surface area contributed by atoms with E-state index in [1.165, 1.54) is 6.07 Å². The van der Waals surface area contributed by atoms with E-state index >= 15 is 0 Å². The van der Waals surface area contributed by atoms with Gasteiger partial charge >= 0.3 is 0 Å². The minimum Gasteiger partial charge on any atom is -0.372 e. The number of unbranched alkanes of at least 4 members (excludes halogenated alkanes) is 1. The number of ether oxygens (including phenoxy) is 1. The van der Waals surface area contributed by atoms with Gasteiger partial charge < -0.3 is 10.5 Å². The number of hydrogen-bond donors (Lipinski definition) is 1. The van der Waals surface area contributed by atoms with E-state index in [9.17, 15) is 4.39 Å². The molecular weight excluding hydrogens is 205 g/mol. The van der Waals surface area contributed by atoms with Crippen molar-refractivity contribution < 1.29 is 9.13 Å². The fraction of sp³-hybridized carbons (Fsp3) is 0.538. The van der Waals surface area contributed by atoms with Crippen LogP contribution in [0.25, 0.3) is 0 Å². The largest absolute Gasteiger partial charge is 0.372 e. The zero-order chi connectivity index (χ0) is 12.0. The van der Waals surface area contributed by atoms with Crippen molar-refractivity contribution in [1.82, 2.24) is 0 Å². The molecule has 16 heavy (non-hydrogen) atoms. The van der Waals surface area contributed by atoms with E-state index in [0.717, 1.165) is 12.8 Å². The average molecular weight is 225 g/mol. The van der Waals surface area contributed by atoms with Crippen LogP contribution in [0.1, 0.15) is 38.4 Å². The van der Waals surface area contributed by atoms with Gasteiger partial charge in [0.15, 0.2) is 0 Å². The third-order valence-corrected chi connectivity index (χ3v) is 2.48. The second-order valence-corrected chi connectivity index (χ2v) is 4.03. The molecule has 0 saturated carbocycles. The second kappa shape index (κ2) is 6.61. The van der Waals surface area contributed by atoms with Gasteiger partial charge in [0.2, 0.25) is 0 Å². The van der Waals surface area contributed by atoms with Crippen molar-refractivity contribution in [1.29, 1.82) is 0 Å². The van der Waals surface area contributed by atoms with Crippen molar-refractivity contribution in [2.75, 3.05) is 6.61 Å².